The van der Waals surface area contributed by atoms with Crippen LogP contribution in [0.4, 0.5) is 4.79 Å². The third-order valence-corrected chi connectivity index (χ3v) is 4.25. The fourth-order valence-electron chi connectivity index (χ4n) is 3.26. The Morgan fingerprint density at radius 1 is 1.15 bits per heavy atom. The van der Waals surface area contributed by atoms with Gasteiger partial charge in [-0.2, -0.15) is 0 Å². The molecule has 0 spiro atoms. The van der Waals surface area contributed by atoms with E-state index in [4.69, 9.17) is 5.11 Å². The molecule has 2 aliphatic rings. The second-order valence-corrected chi connectivity index (χ2v) is 6.14. The first-order chi connectivity index (χ1) is 9.47. The summed E-state index contributed by atoms with van der Waals surface area (Å²) in [5.41, 5.74) is 0. The number of nitrogens with zero attached hydrogens (tertiary/aromatic N) is 3. The minimum atomic E-state index is -0.799. The number of carboxylic acid groups (broad SMARTS) is 1. The van der Waals surface area contributed by atoms with Crippen molar-refractivity contribution < 1.29 is 14.7 Å². The minimum absolute atomic E-state index is 0.0686. The highest BCUT2D eigenvalue weighted by Crippen LogP contribution is 2.23. The number of rotatable bonds is 2. The van der Waals surface area contributed by atoms with Gasteiger partial charge in [-0.3, -0.25) is 9.69 Å². The smallest absolute Gasteiger partial charge is 0.320 e. The highest BCUT2D eigenvalue weighted by atomic mass is 16.4. The molecule has 0 aromatic rings. The van der Waals surface area contributed by atoms with E-state index < -0.39 is 5.97 Å². The molecule has 6 heteroatoms. The van der Waals surface area contributed by atoms with Crippen LogP contribution >= 0.6 is 0 Å². The molecule has 2 aliphatic heterocycles. The molecule has 0 aliphatic carbocycles. The average Bonchev–Trinajstić information content (AvgIpc) is 2.58. The molecule has 0 aromatic heterocycles. The molecule has 114 valence electrons. The van der Waals surface area contributed by atoms with Crippen molar-refractivity contribution >= 4 is 12.0 Å². The Balaban J connectivity index is 1.90. The first-order valence-corrected chi connectivity index (χ1v) is 7.47. The van der Waals surface area contributed by atoms with Crippen LogP contribution in [0.25, 0.3) is 0 Å². The Morgan fingerprint density at radius 3 is 2.50 bits per heavy atom. The summed E-state index contributed by atoms with van der Waals surface area (Å²) >= 11 is 0. The third-order valence-electron chi connectivity index (χ3n) is 4.25. The van der Waals surface area contributed by atoms with Crippen LogP contribution in [0.5, 0.6) is 0 Å². The van der Waals surface area contributed by atoms with Crippen molar-refractivity contribution in [3.63, 3.8) is 0 Å². The summed E-state index contributed by atoms with van der Waals surface area (Å²) in [4.78, 5) is 29.1. The number of hydrogen-bond donors (Lipinski definition) is 1. The highest BCUT2D eigenvalue weighted by molar-refractivity contribution is 5.75. The van der Waals surface area contributed by atoms with Crippen molar-refractivity contribution in [2.75, 3.05) is 39.3 Å². The third kappa shape index (κ3) is 3.62. The normalized spacial score (nSPS) is 28.5. The van der Waals surface area contributed by atoms with Gasteiger partial charge in [0, 0.05) is 38.8 Å². The number of urea groups is 1. The fourth-order valence-corrected chi connectivity index (χ4v) is 3.26. The van der Waals surface area contributed by atoms with Gasteiger partial charge >= 0.3 is 12.0 Å². The maximum absolute atomic E-state index is 12.6. The summed E-state index contributed by atoms with van der Waals surface area (Å²) in [6.07, 6.45) is 1.92. The van der Waals surface area contributed by atoms with Crippen molar-refractivity contribution in [2.24, 2.45) is 5.92 Å². The number of carbonyl (C=O) groups is 2. The lowest BCUT2D eigenvalue weighted by Crippen LogP contribution is -2.46. The van der Waals surface area contributed by atoms with Crippen molar-refractivity contribution in [1.29, 1.82) is 0 Å². The van der Waals surface area contributed by atoms with E-state index in [2.05, 4.69) is 13.8 Å². The van der Waals surface area contributed by atoms with Crippen LogP contribution in [-0.2, 0) is 4.79 Å². The summed E-state index contributed by atoms with van der Waals surface area (Å²) in [5.74, 6) is -0.226. The lowest BCUT2D eigenvalue weighted by Gasteiger charge is -2.29. The van der Waals surface area contributed by atoms with Gasteiger partial charge in [0.15, 0.2) is 0 Å². The molecule has 2 saturated heterocycles. The summed E-state index contributed by atoms with van der Waals surface area (Å²) < 4.78 is 0. The molecular weight excluding hydrogens is 258 g/mol. The number of carbonyl (C=O) groups excluding carboxylic acids is 1. The van der Waals surface area contributed by atoms with E-state index in [0.29, 0.717) is 25.0 Å². The first kappa shape index (κ1) is 15.1. The van der Waals surface area contributed by atoms with Crippen LogP contribution in [0, 0.1) is 5.92 Å². The topological polar surface area (TPSA) is 64.1 Å². The van der Waals surface area contributed by atoms with Crippen molar-refractivity contribution in [3.05, 3.63) is 0 Å². The Hall–Kier alpha value is -1.30. The number of aliphatic carboxylic acids is 1. The van der Waals surface area contributed by atoms with Crippen LogP contribution in [0.1, 0.15) is 26.7 Å². The van der Waals surface area contributed by atoms with E-state index in [9.17, 15) is 9.59 Å². The van der Waals surface area contributed by atoms with E-state index in [0.717, 1.165) is 32.5 Å². The number of amides is 2. The summed E-state index contributed by atoms with van der Waals surface area (Å²) in [6.45, 7) is 7.96. The van der Waals surface area contributed by atoms with Gasteiger partial charge in [0.05, 0.1) is 6.54 Å². The Bertz CT molecular complexity index is 375. The van der Waals surface area contributed by atoms with Gasteiger partial charge in [0.25, 0.3) is 0 Å². The Labute approximate surface area is 120 Å². The van der Waals surface area contributed by atoms with Gasteiger partial charge in [-0.05, 0) is 25.7 Å². The average molecular weight is 283 g/mol. The Kier molecular flexibility index (Phi) is 4.86. The predicted molar refractivity (Wildman–Crippen MR) is 75.6 cm³/mol. The van der Waals surface area contributed by atoms with Gasteiger partial charge < -0.3 is 14.9 Å². The number of likely N-dealkylation sites (tertiary alicyclic amines) is 1. The molecule has 2 fully saturated rings. The molecule has 2 atom stereocenters. The summed E-state index contributed by atoms with van der Waals surface area (Å²) in [7, 11) is 0. The Morgan fingerprint density at radius 2 is 1.90 bits per heavy atom. The quantitative estimate of drug-likeness (QED) is 0.819. The van der Waals surface area contributed by atoms with E-state index in [-0.39, 0.29) is 12.6 Å². The molecule has 0 bridgehead atoms. The largest absolute Gasteiger partial charge is 0.480 e. The minimum Gasteiger partial charge on any atom is -0.480 e. The van der Waals surface area contributed by atoms with Gasteiger partial charge in [-0.25, -0.2) is 4.79 Å². The van der Waals surface area contributed by atoms with E-state index in [1.165, 1.54) is 0 Å². The molecule has 1 N–H and O–H groups in total. The molecule has 2 rings (SSSR count). The van der Waals surface area contributed by atoms with Gasteiger partial charge in [-0.15, -0.1) is 0 Å². The maximum atomic E-state index is 12.6. The number of hydrogen-bond acceptors (Lipinski definition) is 3. The van der Waals surface area contributed by atoms with E-state index in [1.54, 1.807) is 0 Å². The lowest BCUT2D eigenvalue weighted by molar-refractivity contribution is -0.138. The lowest BCUT2D eigenvalue weighted by atomic mass is 10.1. The molecule has 6 nitrogen and oxygen atoms in total. The van der Waals surface area contributed by atoms with Crippen LogP contribution in [0.15, 0.2) is 0 Å². The second kappa shape index (κ2) is 6.43. The zero-order valence-electron chi connectivity index (χ0n) is 12.4. The molecule has 2 unspecified atom stereocenters. The zero-order chi connectivity index (χ0) is 14.7. The predicted octanol–water partition coefficient (Wildman–Crippen LogP) is 0.929. The SMILES string of the molecule is CC1CC(C)N(C(=O)N2CCCN(CC(=O)O)CC2)C1. The van der Waals surface area contributed by atoms with Crippen molar-refractivity contribution in [1.82, 2.24) is 14.7 Å². The molecule has 2 amide bonds. The first-order valence-electron chi connectivity index (χ1n) is 7.47. The zero-order valence-corrected chi connectivity index (χ0v) is 12.4. The van der Waals surface area contributed by atoms with Crippen LogP contribution in [0.3, 0.4) is 0 Å². The maximum Gasteiger partial charge on any atom is 0.320 e. The van der Waals surface area contributed by atoms with Crippen molar-refractivity contribution in [2.45, 2.75) is 32.7 Å². The summed E-state index contributed by atoms with van der Waals surface area (Å²) in [6, 6.07) is 0.440. The van der Waals surface area contributed by atoms with E-state index in [1.807, 2.05) is 14.7 Å². The van der Waals surface area contributed by atoms with Crippen LogP contribution in [0.2, 0.25) is 0 Å². The molecule has 0 radical (unpaired) electrons. The van der Waals surface area contributed by atoms with Crippen LogP contribution < -0.4 is 0 Å². The van der Waals surface area contributed by atoms with Crippen molar-refractivity contribution in [3.8, 4) is 0 Å². The number of carboxylic acids is 1. The molecule has 0 saturated carbocycles. The fraction of sp³-hybridized carbons (Fsp3) is 0.857. The monoisotopic (exact) mass is 283 g/mol. The molecule has 2 heterocycles. The highest BCUT2D eigenvalue weighted by Gasteiger charge is 2.33. The molecule has 0 aromatic carbocycles. The standard InChI is InChI=1S/C14H25N3O3/c1-11-8-12(2)17(9-11)14(20)16-5-3-4-15(6-7-16)10-13(18)19/h11-12H,3-10H2,1-2H3,(H,18,19). The van der Waals surface area contributed by atoms with Gasteiger partial charge in [0.1, 0.15) is 0 Å². The van der Waals surface area contributed by atoms with Gasteiger partial charge in [-0.1, -0.05) is 6.92 Å². The molecule has 20 heavy (non-hydrogen) atoms. The van der Waals surface area contributed by atoms with Crippen LogP contribution in [-0.4, -0.2) is 77.1 Å². The summed E-state index contributed by atoms with van der Waals surface area (Å²) in [5, 5.41) is 8.84. The van der Waals surface area contributed by atoms with E-state index >= 15 is 0 Å². The second-order valence-electron chi connectivity index (χ2n) is 6.14. The molecular formula is C14H25N3O3. The van der Waals surface area contributed by atoms with Gasteiger partial charge in [0.2, 0.25) is 0 Å².